The average Bonchev–Trinajstić information content (AvgIpc) is 2.62. The molecule has 2 aromatic carbocycles. The molecule has 25 heavy (non-hydrogen) atoms. The highest BCUT2D eigenvalue weighted by molar-refractivity contribution is 6.30. The molecule has 1 N–H and O–H groups in total. The molecule has 0 aliphatic carbocycles. The van der Waals surface area contributed by atoms with Crippen LogP contribution in [-0.4, -0.2) is 36.9 Å². The molecular weight excluding hydrogens is 340 g/mol. The first-order valence-electron chi connectivity index (χ1n) is 7.99. The average molecular weight is 361 g/mol. The van der Waals surface area contributed by atoms with Gasteiger partial charge in [0.15, 0.2) is 0 Å². The smallest absolute Gasteiger partial charge is 0.255 e. The molecule has 2 aromatic rings. The maximum Gasteiger partial charge on any atom is 0.255 e. The van der Waals surface area contributed by atoms with Gasteiger partial charge in [-0.05, 0) is 36.8 Å². The number of rotatable bonds is 7. The second-order valence-corrected chi connectivity index (χ2v) is 5.92. The molecule has 0 aliphatic heterocycles. The number of nitrogens with zero attached hydrogens (tertiary/aromatic N) is 1. The summed E-state index contributed by atoms with van der Waals surface area (Å²) in [6, 6.07) is 14.2. The molecule has 0 atom stereocenters. The van der Waals surface area contributed by atoms with Crippen molar-refractivity contribution >= 4 is 23.4 Å². The highest BCUT2D eigenvalue weighted by Gasteiger charge is 2.15. The molecule has 6 heteroatoms. The lowest BCUT2D eigenvalue weighted by molar-refractivity contribution is -0.129. The Balaban J connectivity index is 1.90. The number of hydrogen-bond acceptors (Lipinski definition) is 3. The molecule has 0 aromatic heterocycles. The number of carbonyl (C=O) groups is 2. The minimum absolute atomic E-state index is 0.0800. The second kappa shape index (κ2) is 9.08. The third-order valence-corrected chi connectivity index (χ3v) is 3.84. The van der Waals surface area contributed by atoms with Crippen molar-refractivity contribution in [2.75, 3.05) is 20.2 Å². The normalized spacial score (nSPS) is 10.2. The van der Waals surface area contributed by atoms with Gasteiger partial charge < -0.3 is 15.0 Å². The van der Waals surface area contributed by atoms with E-state index in [0.29, 0.717) is 29.5 Å². The first kappa shape index (κ1) is 18.8. The van der Waals surface area contributed by atoms with Crippen LogP contribution in [0.2, 0.25) is 5.02 Å². The van der Waals surface area contributed by atoms with Crippen molar-refractivity contribution in [2.24, 2.45) is 0 Å². The van der Waals surface area contributed by atoms with Gasteiger partial charge in [-0.1, -0.05) is 35.9 Å². The molecule has 2 amide bonds. The lowest BCUT2D eigenvalue weighted by Crippen LogP contribution is -2.37. The highest BCUT2D eigenvalue weighted by Crippen LogP contribution is 2.17. The Bertz CT molecular complexity index is 732. The number of hydrogen-bond donors (Lipinski definition) is 1. The SMILES string of the molecule is CCOc1ccccc1C(=O)NCC(=O)N(C)Cc1ccc(Cl)cc1. The van der Waals surface area contributed by atoms with Gasteiger partial charge in [-0.15, -0.1) is 0 Å². The molecule has 0 radical (unpaired) electrons. The zero-order valence-electron chi connectivity index (χ0n) is 14.3. The van der Waals surface area contributed by atoms with Gasteiger partial charge in [0, 0.05) is 18.6 Å². The van der Waals surface area contributed by atoms with Crippen molar-refractivity contribution in [1.82, 2.24) is 10.2 Å². The van der Waals surface area contributed by atoms with Crippen molar-refractivity contribution in [3.8, 4) is 5.75 Å². The zero-order valence-corrected chi connectivity index (χ0v) is 15.0. The van der Waals surface area contributed by atoms with Crippen LogP contribution >= 0.6 is 11.6 Å². The number of benzene rings is 2. The summed E-state index contributed by atoms with van der Waals surface area (Å²) in [4.78, 5) is 26.1. The molecule has 0 heterocycles. The Kier molecular flexibility index (Phi) is 6.83. The molecule has 0 saturated carbocycles. The van der Waals surface area contributed by atoms with Gasteiger partial charge in [0.05, 0.1) is 18.7 Å². The van der Waals surface area contributed by atoms with Crippen LogP contribution < -0.4 is 10.1 Å². The van der Waals surface area contributed by atoms with Crippen molar-refractivity contribution in [3.63, 3.8) is 0 Å². The predicted octanol–water partition coefficient (Wildman–Crippen LogP) is 3.13. The molecule has 0 bridgehead atoms. The topological polar surface area (TPSA) is 58.6 Å². The standard InChI is InChI=1S/C19H21ClN2O3/c1-3-25-17-7-5-4-6-16(17)19(24)21-12-18(23)22(2)13-14-8-10-15(20)11-9-14/h4-11H,3,12-13H2,1-2H3,(H,21,24). The Labute approximate surface area is 152 Å². The van der Waals surface area contributed by atoms with E-state index in [1.165, 1.54) is 0 Å². The van der Waals surface area contributed by atoms with Gasteiger partial charge in [-0.25, -0.2) is 0 Å². The summed E-state index contributed by atoms with van der Waals surface area (Å²) in [5, 5.41) is 3.29. The minimum Gasteiger partial charge on any atom is -0.493 e. The number of nitrogens with one attached hydrogen (secondary N) is 1. The Morgan fingerprint density at radius 2 is 1.80 bits per heavy atom. The number of para-hydroxylation sites is 1. The molecule has 0 aliphatic rings. The summed E-state index contributed by atoms with van der Waals surface area (Å²) in [7, 11) is 1.69. The van der Waals surface area contributed by atoms with E-state index in [4.69, 9.17) is 16.3 Å². The summed E-state index contributed by atoms with van der Waals surface area (Å²) in [5.74, 6) is -0.0149. The lowest BCUT2D eigenvalue weighted by atomic mass is 10.2. The quantitative estimate of drug-likeness (QED) is 0.825. The molecule has 0 unspecified atom stereocenters. The van der Waals surface area contributed by atoms with Crippen LogP contribution in [0.25, 0.3) is 0 Å². The molecule has 5 nitrogen and oxygen atoms in total. The van der Waals surface area contributed by atoms with Crippen molar-refractivity contribution in [3.05, 3.63) is 64.7 Å². The fraction of sp³-hybridized carbons (Fsp3) is 0.263. The van der Waals surface area contributed by atoms with Crippen LogP contribution in [0.15, 0.2) is 48.5 Å². The number of carbonyl (C=O) groups excluding carboxylic acids is 2. The summed E-state index contributed by atoms with van der Waals surface area (Å²) < 4.78 is 5.43. The third kappa shape index (κ3) is 5.50. The number of ether oxygens (including phenoxy) is 1. The third-order valence-electron chi connectivity index (χ3n) is 3.59. The van der Waals surface area contributed by atoms with E-state index in [0.717, 1.165) is 5.56 Å². The van der Waals surface area contributed by atoms with Crippen LogP contribution in [0.4, 0.5) is 0 Å². The maximum atomic E-state index is 12.3. The fourth-order valence-electron chi connectivity index (χ4n) is 2.27. The van der Waals surface area contributed by atoms with Crippen molar-refractivity contribution in [1.29, 1.82) is 0 Å². The van der Waals surface area contributed by atoms with Crippen LogP contribution in [0.3, 0.4) is 0 Å². The Morgan fingerprint density at radius 3 is 2.48 bits per heavy atom. The largest absolute Gasteiger partial charge is 0.493 e. The van der Waals surface area contributed by atoms with Gasteiger partial charge in [0.25, 0.3) is 5.91 Å². The van der Waals surface area contributed by atoms with E-state index in [-0.39, 0.29) is 18.4 Å². The van der Waals surface area contributed by atoms with Gasteiger partial charge >= 0.3 is 0 Å². The van der Waals surface area contributed by atoms with E-state index < -0.39 is 0 Å². The Hall–Kier alpha value is -2.53. The van der Waals surface area contributed by atoms with Crippen LogP contribution in [-0.2, 0) is 11.3 Å². The molecule has 2 rings (SSSR count). The molecule has 0 saturated heterocycles. The van der Waals surface area contributed by atoms with Gasteiger partial charge in [0.1, 0.15) is 5.75 Å². The van der Waals surface area contributed by atoms with Gasteiger partial charge in [0.2, 0.25) is 5.91 Å². The van der Waals surface area contributed by atoms with Gasteiger partial charge in [-0.2, -0.15) is 0 Å². The van der Waals surface area contributed by atoms with Gasteiger partial charge in [-0.3, -0.25) is 9.59 Å². The number of likely N-dealkylation sites (N-methyl/N-ethyl adjacent to an activating group) is 1. The summed E-state index contributed by atoms with van der Waals surface area (Å²) >= 11 is 5.85. The van der Waals surface area contributed by atoms with E-state index in [1.807, 2.05) is 19.1 Å². The molecular formula is C19H21ClN2O3. The predicted molar refractivity (Wildman–Crippen MR) is 97.9 cm³/mol. The number of amides is 2. The van der Waals surface area contributed by atoms with E-state index >= 15 is 0 Å². The monoisotopic (exact) mass is 360 g/mol. The lowest BCUT2D eigenvalue weighted by Gasteiger charge is -2.18. The summed E-state index contributed by atoms with van der Waals surface area (Å²) in [6.45, 7) is 2.68. The van der Waals surface area contributed by atoms with Crippen LogP contribution in [0.5, 0.6) is 5.75 Å². The highest BCUT2D eigenvalue weighted by atomic mass is 35.5. The zero-order chi connectivity index (χ0) is 18.2. The molecule has 0 fully saturated rings. The first-order valence-corrected chi connectivity index (χ1v) is 8.37. The maximum absolute atomic E-state index is 12.3. The van der Waals surface area contributed by atoms with Crippen LogP contribution in [0.1, 0.15) is 22.8 Å². The van der Waals surface area contributed by atoms with Crippen LogP contribution in [0, 0.1) is 0 Å². The second-order valence-electron chi connectivity index (χ2n) is 5.49. The summed E-state index contributed by atoms with van der Waals surface area (Å²) in [5.41, 5.74) is 1.38. The van der Waals surface area contributed by atoms with E-state index in [1.54, 1.807) is 48.3 Å². The Morgan fingerprint density at radius 1 is 1.12 bits per heavy atom. The fourth-order valence-corrected chi connectivity index (χ4v) is 2.40. The molecule has 132 valence electrons. The van der Waals surface area contributed by atoms with E-state index in [2.05, 4.69) is 5.32 Å². The molecule has 0 spiro atoms. The number of halogens is 1. The van der Waals surface area contributed by atoms with E-state index in [9.17, 15) is 9.59 Å². The van der Waals surface area contributed by atoms with Crippen molar-refractivity contribution in [2.45, 2.75) is 13.5 Å². The minimum atomic E-state index is -0.336. The summed E-state index contributed by atoms with van der Waals surface area (Å²) in [6.07, 6.45) is 0. The van der Waals surface area contributed by atoms with Crippen molar-refractivity contribution < 1.29 is 14.3 Å². The first-order chi connectivity index (χ1) is 12.0.